The Morgan fingerprint density at radius 3 is 2.60 bits per heavy atom. The zero-order valence-electron chi connectivity index (χ0n) is 12.5. The van der Waals surface area contributed by atoms with Gasteiger partial charge >= 0.3 is 0 Å². The molecule has 0 aromatic heterocycles. The quantitative estimate of drug-likeness (QED) is 0.841. The number of hydrogen-bond acceptors (Lipinski definition) is 2. The van der Waals surface area contributed by atoms with Crippen LogP contribution in [0.3, 0.4) is 0 Å². The Kier molecular flexibility index (Phi) is 4.67. The van der Waals surface area contributed by atoms with E-state index < -0.39 is 0 Å². The summed E-state index contributed by atoms with van der Waals surface area (Å²) in [7, 11) is 0. The molecule has 0 heterocycles. The Bertz CT molecular complexity index is 577. The number of anilines is 1. The van der Waals surface area contributed by atoms with Gasteiger partial charge in [-0.05, 0) is 50.8 Å². The molecule has 0 saturated carbocycles. The Balaban J connectivity index is 1.89. The Morgan fingerprint density at radius 2 is 1.90 bits per heavy atom. The number of phenolic OH excluding ortho intramolecular Hbond substituents is 1. The molecule has 0 spiro atoms. The van der Waals surface area contributed by atoms with Crippen molar-refractivity contribution in [2.45, 2.75) is 39.7 Å². The minimum absolute atomic E-state index is 0.348. The first-order valence-corrected chi connectivity index (χ1v) is 7.16. The summed E-state index contributed by atoms with van der Waals surface area (Å²) in [6, 6.07) is 14.8. The normalized spacial score (nSPS) is 12.2. The topological polar surface area (TPSA) is 32.3 Å². The number of benzene rings is 2. The number of aryl methyl sites for hydroxylation is 3. The van der Waals surface area contributed by atoms with Crippen LogP contribution in [-0.2, 0) is 6.42 Å². The fraction of sp³-hybridized carbons (Fsp3) is 0.333. The second-order valence-electron chi connectivity index (χ2n) is 5.57. The summed E-state index contributed by atoms with van der Waals surface area (Å²) < 4.78 is 0. The first-order chi connectivity index (χ1) is 9.54. The van der Waals surface area contributed by atoms with Crippen LogP contribution >= 0.6 is 0 Å². The summed E-state index contributed by atoms with van der Waals surface area (Å²) in [4.78, 5) is 0. The lowest BCUT2D eigenvalue weighted by Gasteiger charge is -2.16. The van der Waals surface area contributed by atoms with Crippen molar-refractivity contribution in [2.75, 3.05) is 5.32 Å². The summed E-state index contributed by atoms with van der Waals surface area (Å²) in [6.07, 6.45) is 2.13. The average Bonchev–Trinajstić information content (AvgIpc) is 2.41. The zero-order valence-corrected chi connectivity index (χ0v) is 12.5. The van der Waals surface area contributed by atoms with Gasteiger partial charge in [-0.25, -0.2) is 0 Å². The molecule has 2 aromatic rings. The molecule has 0 aliphatic carbocycles. The SMILES string of the molecule is Cc1cccc(CCC(C)Nc2ccc(C)c(O)c2)c1. The number of rotatable bonds is 5. The van der Waals surface area contributed by atoms with Crippen molar-refractivity contribution in [1.82, 2.24) is 0 Å². The van der Waals surface area contributed by atoms with Crippen LogP contribution in [0.25, 0.3) is 0 Å². The number of nitrogens with one attached hydrogen (secondary N) is 1. The molecule has 1 atom stereocenters. The summed E-state index contributed by atoms with van der Waals surface area (Å²) in [5.74, 6) is 0.348. The summed E-state index contributed by atoms with van der Waals surface area (Å²) in [5.41, 5.74) is 4.57. The van der Waals surface area contributed by atoms with Crippen molar-refractivity contribution in [1.29, 1.82) is 0 Å². The van der Waals surface area contributed by atoms with E-state index in [-0.39, 0.29) is 0 Å². The van der Waals surface area contributed by atoms with E-state index in [0.717, 1.165) is 24.1 Å². The summed E-state index contributed by atoms with van der Waals surface area (Å²) in [6.45, 7) is 6.20. The lowest BCUT2D eigenvalue weighted by atomic mass is 10.0. The van der Waals surface area contributed by atoms with Gasteiger partial charge in [0.2, 0.25) is 0 Å². The molecular weight excluding hydrogens is 246 g/mol. The van der Waals surface area contributed by atoms with Crippen molar-refractivity contribution >= 4 is 5.69 Å². The van der Waals surface area contributed by atoms with E-state index >= 15 is 0 Å². The van der Waals surface area contributed by atoms with Crippen LogP contribution in [0.5, 0.6) is 5.75 Å². The Hall–Kier alpha value is -1.96. The third kappa shape index (κ3) is 4.02. The van der Waals surface area contributed by atoms with Crippen molar-refractivity contribution in [3.05, 3.63) is 59.2 Å². The van der Waals surface area contributed by atoms with Crippen molar-refractivity contribution in [3.63, 3.8) is 0 Å². The molecule has 0 saturated heterocycles. The molecule has 20 heavy (non-hydrogen) atoms. The Labute approximate surface area is 121 Å². The highest BCUT2D eigenvalue weighted by Gasteiger charge is 2.04. The van der Waals surface area contributed by atoms with Gasteiger partial charge in [0.1, 0.15) is 5.75 Å². The maximum atomic E-state index is 9.71. The lowest BCUT2D eigenvalue weighted by molar-refractivity contribution is 0.471. The molecule has 0 aliphatic rings. The third-order valence-corrected chi connectivity index (χ3v) is 3.57. The minimum Gasteiger partial charge on any atom is -0.508 e. The van der Waals surface area contributed by atoms with Crippen molar-refractivity contribution in [3.8, 4) is 5.75 Å². The minimum atomic E-state index is 0.348. The maximum absolute atomic E-state index is 9.71. The van der Waals surface area contributed by atoms with Crippen LogP contribution in [0.1, 0.15) is 30.0 Å². The fourth-order valence-electron chi connectivity index (χ4n) is 2.31. The monoisotopic (exact) mass is 269 g/mol. The second-order valence-corrected chi connectivity index (χ2v) is 5.57. The van der Waals surface area contributed by atoms with Crippen molar-refractivity contribution in [2.24, 2.45) is 0 Å². The van der Waals surface area contributed by atoms with Gasteiger partial charge in [0, 0.05) is 17.8 Å². The molecule has 0 fully saturated rings. The van der Waals surface area contributed by atoms with Crippen LogP contribution in [0.15, 0.2) is 42.5 Å². The van der Waals surface area contributed by atoms with Gasteiger partial charge in [-0.1, -0.05) is 35.9 Å². The standard InChI is InChI=1S/C18H23NO/c1-13-5-4-6-16(11-13)9-8-15(3)19-17-10-7-14(2)18(20)12-17/h4-7,10-12,15,19-20H,8-9H2,1-3H3. The predicted octanol–water partition coefficient (Wildman–Crippen LogP) is 4.44. The zero-order chi connectivity index (χ0) is 14.5. The van der Waals surface area contributed by atoms with E-state index in [9.17, 15) is 5.11 Å². The van der Waals surface area contributed by atoms with Crippen LogP contribution < -0.4 is 5.32 Å². The Morgan fingerprint density at radius 1 is 1.10 bits per heavy atom. The second kappa shape index (κ2) is 6.47. The highest BCUT2D eigenvalue weighted by atomic mass is 16.3. The van der Waals surface area contributed by atoms with E-state index in [2.05, 4.69) is 43.4 Å². The fourth-order valence-corrected chi connectivity index (χ4v) is 2.31. The van der Waals surface area contributed by atoms with E-state index in [1.807, 2.05) is 19.1 Å². The van der Waals surface area contributed by atoms with Gasteiger partial charge in [0.25, 0.3) is 0 Å². The third-order valence-electron chi connectivity index (χ3n) is 3.57. The predicted molar refractivity (Wildman–Crippen MR) is 85.4 cm³/mol. The first kappa shape index (κ1) is 14.4. The van der Waals surface area contributed by atoms with Crippen LogP contribution in [-0.4, -0.2) is 11.1 Å². The van der Waals surface area contributed by atoms with Gasteiger partial charge in [-0.2, -0.15) is 0 Å². The molecule has 106 valence electrons. The number of hydrogen-bond donors (Lipinski definition) is 2. The number of phenols is 1. The lowest BCUT2D eigenvalue weighted by Crippen LogP contribution is -2.15. The van der Waals surface area contributed by atoms with E-state index in [1.165, 1.54) is 11.1 Å². The van der Waals surface area contributed by atoms with Gasteiger partial charge in [0.15, 0.2) is 0 Å². The highest BCUT2D eigenvalue weighted by molar-refractivity contribution is 5.51. The number of aromatic hydroxyl groups is 1. The molecule has 2 N–H and O–H groups in total. The smallest absolute Gasteiger partial charge is 0.120 e. The van der Waals surface area contributed by atoms with E-state index in [4.69, 9.17) is 0 Å². The highest BCUT2D eigenvalue weighted by Crippen LogP contribution is 2.22. The van der Waals surface area contributed by atoms with Crippen LogP contribution in [0.4, 0.5) is 5.69 Å². The largest absolute Gasteiger partial charge is 0.508 e. The molecule has 2 nitrogen and oxygen atoms in total. The van der Waals surface area contributed by atoms with E-state index in [1.54, 1.807) is 6.07 Å². The van der Waals surface area contributed by atoms with Crippen LogP contribution in [0.2, 0.25) is 0 Å². The van der Waals surface area contributed by atoms with Gasteiger partial charge in [0.05, 0.1) is 0 Å². The molecule has 2 aromatic carbocycles. The van der Waals surface area contributed by atoms with Crippen LogP contribution in [0, 0.1) is 13.8 Å². The molecule has 2 heteroatoms. The molecule has 0 aliphatic heterocycles. The van der Waals surface area contributed by atoms with Gasteiger partial charge < -0.3 is 10.4 Å². The maximum Gasteiger partial charge on any atom is 0.120 e. The first-order valence-electron chi connectivity index (χ1n) is 7.16. The molecular formula is C18H23NO. The van der Waals surface area contributed by atoms with E-state index in [0.29, 0.717) is 11.8 Å². The molecule has 0 amide bonds. The van der Waals surface area contributed by atoms with Crippen molar-refractivity contribution < 1.29 is 5.11 Å². The molecule has 1 unspecified atom stereocenters. The van der Waals surface area contributed by atoms with Gasteiger partial charge in [-0.15, -0.1) is 0 Å². The summed E-state index contributed by atoms with van der Waals surface area (Å²) >= 11 is 0. The summed E-state index contributed by atoms with van der Waals surface area (Å²) in [5, 5.41) is 13.1. The molecule has 0 bridgehead atoms. The molecule has 2 rings (SSSR count). The average molecular weight is 269 g/mol. The van der Waals surface area contributed by atoms with Gasteiger partial charge in [-0.3, -0.25) is 0 Å². The molecule has 0 radical (unpaired) electrons.